The molecule has 1 atom stereocenters. The first-order valence-corrected chi connectivity index (χ1v) is 13.4. The second-order valence-corrected chi connectivity index (χ2v) is 9.81. The predicted molar refractivity (Wildman–Crippen MR) is 136 cm³/mol. The Labute approximate surface area is 210 Å². The highest BCUT2D eigenvalue weighted by Crippen LogP contribution is 2.40. The zero-order valence-electron chi connectivity index (χ0n) is 21.2. The van der Waals surface area contributed by atoms with Gasteiger partial charge in [-0.15, -0.1) is 6.58 Å². The summed E-state index contributed by atoms with van der Waals surface area (Å²) < 4.78 is 23.5. The van der Waals surface area contributed by atoms with Gasteiger partial charge < -0.3 is 23.8 Å². The monoisotopic (exact) mass is 483 g/mol. The van der Waals surface area contributed by atoms with Gasteiger partial charge in [-0.05, 0) is 94.4 Å². The van der Waals surface area contributed by atoms with E-state index in [-0.39, 0.29) is 24.3 Å². The van der Waals surface area contributed by atoms with Crippen molar-refractivity contribution in [3.8, 4) is 5.75 Å². The van der Waals surface area contributed by atoms with Gasteiger partial charge in [0.1, 0.15) is 5.75 Å². The van der Waals surface area contributed by atoms with Gasteiger partial charge in [-0.3, -0.25) is 4.79 Å². The van der Waals surface area contributed by atoms with Gasteiger partial charge in [-0.25, -0.2) is 0 Å². The van der Waals surface area contributed by atoms with Crippen LogP contribution in [0.25, 0.3) is 0 Å². The first kappa shape index (κ1) is 25.9. The van der Waals surface area contributed by atoms with Crippen molar-refractivity contribution in [1.29, 1.82) is 0 Å². The second-order valence-electron chi connectivity index (χ2n) is 9.81. The van der Waals surface area contributed by atoms with Gasteiger partial charge in [0, 0.05) is 19.2 Å². The molecule has 1 amide bonds. The Balaban J connectivity index is 1.23. The van der Waals surface area contributed by atoms with Crippen LogP contribution in [0.2, 0.25) is 0 Å². The van der Waals surface area contributed by atoms with E-state index in [0.29, 0.717) is 37.2 Å². The molecule has 1 aromatic carbocycles. The third kappa shape index (κ3) is 7.66. The highest BCUT2D eigenvalue weighted by molar-refractivity contribution is 5.92. The molecule has 0 aromatic heterocycles. The van der Waals surface area contributed by atoms with Crippen molar-refractivity contribution < 1.29 is 23.7 Å². The second kappa shape index (κ2) is 13.2. The minimum Gasteiger partial charge on any atom is -0.452 e. The molecule has 2 saturated carbocycles. The van der Waals surface area contributed by atoms with Crippen LogP contribution in [-0.2, 0) is 19.0 Å². The van der Waals surface area contributed by atoms with Gasteiger partial charge in [0.25, 0.3) is 5.91 Å². The Hall–Kier alpha value is -2.15. The highest BCUT2D eigenvalue weighted by Gasteiger charge is 2.31. The molecule has 6 nitrogen and oxygen atoms in total. The zero-order valence-corrected chi connectivity index (χ0v) is 21.2. The quantitative estimate of drug-likeness (QED) is 0.164. The van der Waals surface area contributed by atoms with Crippen LogP contribution in [0.3, 0.4) is 0 Å². The molecular weight excluding hydrogens is 442 g/mol. The van der Waals surface area contributed by atoms with Crippen LogP contribution < -0.4 is 4.74 Å². The topological polar surface area (TPSA) is 57.2 Å². The Morgan fingerprint density at radius 2 is 1.77 bits per heavy atom. The van der Waals surface area contributed by atoms with Crippen molar-refractivity contribution >= 4 is 5.91 Å². The molecule has 2 aliphatic carbocycles. The molecule has 4 rings (SSSR count). The minimum atomic E-state index is -0.0797. The summed E-state index contributed by atoms with van der Waals surface area (Å²) in [6, 6.07) is 8.31. The van der Waals surface area contributed by atoms with Crippen molar-refractivity contribution in [2.24, 2.45) is 0 Å². The molecular formula is C29H41NO5. The lowest BCUT2D eigenvalue weighted by Gasteiger charge is -2.36. The predicted octanol–water partition coefficient (Wildman–Crippen LogP) is 5.73. The van der Waals surface area contributed by atoms with Gasteiger partial charge in [-0.2, -0.15) is 0 Å². The fourth-order valence-electron chi connectivity index (χ4n) is 5.02. The van der Waals surface area contributed by atoms with E-state index in [1.807, 2.05) is 24.0 Å². The summed E-state index contributed by atoms with van der Waals surface area (Å²) in [5.74, 6) is 1.69. The Morgan fingerprint density at radius 1 is 1.03 bits per heavy atom. The summed E-state index contributed by atoms with van der Waals surface area (Å²) in [4.78, 5) is 15.3. The molecule has 6 heteroatoms. The van der Waals surface area contributed by atoms with E-state index in [1.54, 1.807) is 12.2 Å². The minimum absolute atomic E-state index is 0.0688. The first-order chi connectivity index (χ1) is 17.2. The summed E-state index contributed by atoms with van der Waals surface area (Å²) in [5.41, 5.74) is 1.35. The number of benzene rings is 1. The number of ether oxygens (including phenoxy) is 4. The number of carbonyl (C=O) groups excluding carboxylic acids is 1. The average molecular weight is 484 g/mol. The Morgan fingerprint density at radius 3 is 2.40 bits per heavy atom. The molecule has 0 spiro atoms. The molecule has 35 heavy (non-hydrogen) atoms. The van der Waals surface area contributed by atoms with Crippen LogP contribution in [0.4, 0.5) is 0 Å². The third-order valence-corrected chi connectivity index (χ3v) is 7.18. The molecule has 1 aromatic rings. The number of hydrogen-bond donors (Lipinski definition) is 0. The maximum atomic E-state index is 13.4. The molecule has 0 bridgehead atoms. The van der Waals surface area contributed by atoms with Gasteiger partial charge in [0.2, 0.25) is 0 Å². The number of rotatable bonds is 12. The van der Waals surface area contributed by atoms with Gasteiger partial charge in [0.15, 0.2) is 12.0 Å². The molecule has 0 radical (unpaired) electrons. The van der Waals surface area contributed by atoms with E-state index in [0.717, 1.165) is 45.1 Å². The molecule has 3 fully saturated rings. The van der Waals surface area contributed by atoms with Crippen molar-refractivity contribution in [3.05, 3.63) is 54.3 Å². The largest absolute Gasteiger partial charge is 0.452 e. The number of nitrogens with zero attached hydrogens (tertiary/aromatic N) is 1. The summed E-state index contributed by atoms with van der Waals surface area (Å²) in [6.07, 6.45) is 13.2. The maximum absolute atomic E-state index is 13.4. The fraction of sp³-hybridized carbons (Fsp3) is 0.621. The number of amides is 1. The lowest BCUT2D eigenvalue weighted by Crippen LogP contribution is -2.44. The standard InChI is InChI=1S/C29H41NO5/c1-3-18-30(29(31)27(4-2)35-26-14-10-23(11-15-26)22-8-9-22)24-12-16-25(17-13-24)32-20-21-34-28-7-5-6-19-33-28/h3-4,10-11,14-15,22,24-25,28H,1,5-9,12-13,16-21H2,2H3/b27-4+/t24-,25-,28?. The van der Waals surface area contributed by atoms with E-state index >= 15 is 0 Å². The van der Waals surface area contributed by atoms with E-state index in [9.17, 15) is 4.79 Å². The third-order valence-electron chi connectivity index (χ3n) is 7.18. The van der Waals surface area contributed by atoms with Gasteiger partial charge in [0.05, 0.1) is 19.3 Å². The average Bonchev–Trinajstić information content (AvgIpc) is 3.75. The molecule has 1 saturated heterocycles. The van der Waals surface area contributed by atoms with Crippen molar-refractivity contribution in [1.82, 2.24) is 4.90 Å². The van der Waals surface area contributed by atoms with Crippen LogP contribution in [-0.4, -0.2) is 55.6 Å². The summed E-state index contributed by atoms with van der Waals surface area (Å²) >= 11 is 0. The number of hydrogen-bond acceptors (Lipinski definition) is 5. The van der Waals surface area contributed by atoms with Crippen molar-refractivity contribution in [2.75, 3.05) is 26.4 Å². The van der Waals surface area contributed by atoms with Crippen LogP contribution in [0, 0.1) is 0 Å². The summed E-state index contributed by atoms with van der Waals surface area (Å²) in [5, 5.41) is 0. The molecule has 3 aliphatic rings. The van der Waals surface area contributed by atoms with Crippen LogP contribution in [0.15, 0.2) is 48.8 Å². The van der Waals surface area contributed by atoms with E-state index in [4.69, 9.17) is 18.9 Å². The van der Waals surface area contributed by atoms with Crippen LogP contribution >= 0.6 is 0 Å². The van der Waals surface area contributed by atoms with Crippen molar-refractivity contribution in [2.45, 2.75) is 89.1 Å². The van der Waals surface area contributed by atoms with Gasteiger partial charge in [-0.1, -0.05) is 18.2 Å². The fourth-order valence-corrected chi connectivity index (χ4v) is 5.02. The van der Waals surface area contributed by atoms with Crippen LogP contribution in [0.5, 0.6) is 5.75 Å². The summed E-state index contributed by atoms with van der Waals surface area (Å²) in [7, 11) is 0. The van der Waals surface area contributed by atoms with Crippen molar-refractivity contribution in [3.63, 3.8) is 0 Å². The smallest absolute Gasteiger partial charge is 0.289 e. The first-order valence-electron chi connectivity index (χ1n) is 13.4. The lowest BCUT2D eigenvalue weighted by atomic mass is 9.91. The lowest BCUT2D eigenvalue weighted by molar-refractivity contribution is -0.172. The van der Waals surface area contributed by atoms with Crippen LogP contribution in [0.1, 0.15) is 76.2 Å². The summed E-state index contributed by atoms with van der Waals surface area (Å²) in [6.45, 7) is 8.18. The van der Waals surface area contributed by atoms with Gasteiger partial charge >= 0.3 is 0 Å². The van der Waals surface area contributed by atoms with E-state index in [2.05, 4.69) is 18.7 Å². The number of allylic oxidation sites excluding steroid dienone is 1. The zero-order chi connectivity index (χ0) is 24.5. The SMILES string of the molecule is C=CCN(C(=O)/C(=C\C)Oc1ccc(C2CC2)cc1)[C@H]1CC[C@H](OCCOC2CCCCO2)CC1. The van der Waals surface area contributed by atoms with E-state index < -0.39 is 0 Å². The molecule has 192 valence electrons. The normalized spacial score (nSPS) is 25.2. The molecule has 1 heterocycles. The number of carbonyl (C=O) groups is 1. The highest BCUT2D eigenvalue weighted by atomic mass is 16.7. The maximum Gasteiger partial charge on any atom is 0.289 e. The Bertz CT molecular complexity index is 833. The Kier molecular flexibility index (Phi) is 9.81. The molecule has 1 unspecified atom stereocenters. The van der Waals surface area contributed by atoms with E-state index in [1.165, 1.54) is 24.8 Å². The molecule has 1 aliphatic heterocycles. The molecule has 0 N–H and O–H groups in total.